The van der Waals surface area contributed by atoms with Gasteiger partial charge in [0.1, 0.15) is 5.01 Å². The molecule has 0 bridgehead atoms. The number of rotatable bonds is 2. The standard InChI is InChI=1S/C14H12N2S/c1-2-10-5-3-4-6-11(10)14-16-12-7-8-15-9-13(12)17-14/h3-9H,2H2,1H3. The Morgan fingerprint density at radius 2 is 2.06 bits per heavy atom. The molecule has 3 rings (SSSR count). The molecule has 84 valence electrons. The Labute approximate surface area is 104 Å². The maximum atomic E-state index is 4.67. The number of aryl methyl sites for hydroxylation is 1. The van der Waals surface area contributed by atoms with Gasteiger partial charge in [0.15, 0.2) is 0 Å². The topological polar surface area (TPSA) is 25.8 Å². The molecule has 0 saturated carbocycles. The zero-order valence-corrected chi connectivity index (χ0v) is 10.4. The van der Waals surface area contributed by atoms with Crippen LogP contribution >= 0.6 is 11.3 Å². The number of benzene rings is 1. The van der Waals surface area contributed by atoms with E-state index in [9.17, 15) is 0 Å². The van der Waals surface area contributed by atoms with E-state index in [1.54, 1.807) is 17.5 Å². The highest BCUT2D eigenvalue weighted by molar-refractivity contribution is 7.21. The molecule has 2 nitrogen and oxygen atoms in total. The lowest BCUT2D eigenvalue weighted by atomic mass is 10.1. The second kappa shape index (κ2) is 4.26. The SMILES string of the molecule is CCc1ccccc1-c1nc2ccncc2s1. The number of hydrogen-bond donors (Lipinski definition) is 0. The molecule has 0 amide bonds. The fourth-order valence-electron chi connectivity index (χ4n) is 1.93. The van der Waals surface area contributed by atoms with Gasteiger partial charge < -0.3 is 0 Å². The van der Waals surface area contributed by atoms with Crippen molar-refractivity contribution in [1.82, 2.24) is 9.97 Å². The van der Waals surface area contributed by atoms with Gasteiger partial charge in [-0.2, -0.15) is 0 Å². The predicted octanol–water partition coefficient (Wildman–Crippen LogP) is 3.92. The second-order valence-corrected chi connectivity index (χ2v) is 4.90. The van der Waals surface area contributed by atoms with Crippen LogP contribution in [0.2, 0.25) is 0 Å². The van der Waals surface area contributed by atoms with Gasteiger partial charge >= 0.3 is 0 Å². The van der Waals surface area contributed by atoms with Crippen LogP contribution in [0, 0.1) is 0 Å². The van der Waals surface area contributed by atoms with Crippen LogP contribution in [0.1, 0.15) is 12.5 Å². The molecule has 3 aromatic rings. The largest absolute Gasteiger partial charge is 0.263 e. The summed E-state index contributed by atoms with van der Waals surface area (Å²) in [6.07, 6.45) is 4.70. The summed E-state index contributed by atoms with van der Waals surface area (Å²) in [5.41, 5.74) is 3.63. The zero-order valence-electron chi connectivity index (χ0n) is 9.55. The first kappa shape index (κ1) is 10.4. The smallest absolute Gasteiger partial charge is 0.124 e. The molecule has 0 spiro atoms. The molecule has 0 unspecified atom stereocenters. The van der Waals surface area contributed by atoms with Gasteiger partial charge in [0.25, 0.3) is 0 Å². The van der Waals surface area contributed by atoms with Gasteiger partial charge in [-0.25, -0.2) is 4.98 Å². The summed E-state index contributed by atoms with van der Waals surface area (Å²) in [6, 6.07) is 10.4. The summed E-state index contributed by atoms with van der Waals surface area (Å²) < 4.78 is 1.15. The molecule has 0 aliphatic carbocycles. The lowest BCUT2D eigenvalue weighted by Gasteiger charge is -2.02. The Morgan fingerprint density at radius 3 is 2.88 bits per heavy atom. The van der Waals surface area contributed by atoms with Crippen molar-refractivity contribution in [1.29, 1.82) is 0 Å². The highest BCUT2D eigenvalue weighted by atomic mass is 32.1. The van der Waals surface area contributed by atoms with Gasteiger partial charge in [-0.3, -0.25) is 4.98 Å². The average Bonchev–Trinajstić information content (AvgIpc) is 2.82. The lowest BCUT2D eigenvalue weighted by molar-refractivity contribution is 1.14. The van der Waals surface area contributed by atoms with E-state index in [-0.39, 0.29) is 0 Å². The van der Waals surface area contributed by atoms with Crippen molar-refractivity contribution in [3.8, 4) is 10.6 Å². The molecule has 2 aromatic heterocycles. The number of fused-ring (bicyclic) bond motifs is 1. The van der Waals surface area contributed by atoms with E-state index in [0.29, 0.717) is 0 Å². The summed E-state index contributed by atoms with van der Waals surface area (Å²) in [6.45, 7) is 2.17. The van der Waals surface area contributed by atoms with Crippen molar-refractivity contribution in [2.24, 2.45) is 0 Å². The van der Waals surface area contributed by atoms with Crippen LogP contribution in [-0.4, -0.2) is 9.97 Å². The first-order chi connectivity index (χ1) is 8.38. The van der Waals surface area contributed by atoms with Crippen LogP contribution < -0.4 is 0 Å². The minimum absolute atomic E-state index is 1.03. The van der Waals surface area contributed by atoms with Gasteiger partial charge in [-0.1, -0.05) is 31.2 Å². The summed E-state index contributed by atoms with van der Waals surface area (Å²) >= 11 is 1.71. The number of thiazole rings is 1. The maximum absolute atomic E-state index is 4.67. The van der Waals surface area contributed by atoms with Crippen molar-refractivity contribution in [2.45, 2.75) is 13.3 Å². The van der Waals surface area contributed by atoms with Crippen molar-refractivity contribution >= 4 is 21.6 Å². The zero-order chi connectivity index (χ0) is 11.7. The first-order valence-corrected chi connectivity index (χ1v) is 6.49. The highest BCUT2D eigenvalue weighted by Crippen LogP contribution is 2.31. The van der Waals surface area contributed by atoms with Crippen LogP contribution in [0.15, 0.2) is 42.7 Å². The lowest BCUT2D eigenvalue weighted by Crippen LogP contribution is -1.85. The van der Waals surface area contributed by atoms with E-state index in [2.05, 4.69) is 41.2 Å². The van der Waals surface area contributed by atoms with E-state index >= 15 is 0 Å². The molecular formula is C14H12N2S. The molecule has 1 aromatic carbocycles. The van der Waals surface area contributed by atoms with Crippen LogP contribution in [0.3, 0.4) is 0 Å². The normalized spacial score (nSPS) is 10.9. The number of pyridine rings is 1. The minimum atomic E-state index is 1.03. The molecule has 0 fully saturated rings. The molecule has 0 atom stereocenters. The van der Waals surface area contributed by atoms with Crippen molar-refractivity contribution in [3.63, 3.8) is 0 Å². The van der Waals surface area contributed by atoms with Gasteiger partial charge in [-0.05, 0) is 18.1 Å². The second-order valence-electron chi connectivity index (χ2n) is 3.87. The van der Waals surface area contributed by atoms with Gasteiger partial charge in [0.05, 0.1) is 10.2 Å². The maximum Gasteiger partial charge on any atom is 0.124 e. The van der Waals surface area contributed by atoms with E-state index in [1.807, 2.05) is 12.3 Å². The molecule has 0 saturated heterocycles. The Balaban J connectivity index is 2.20. The first-order valence-electron chi connectivity index (χ1n) is 5.67. The fourth-order valence-corrected chi connectivity index (χ4v) is 2.93. The number of hydrogen-bond acceptors (Lipinski definition) is 3. The van der Waals surface area contributed by atoms with Gasteiger partial charge in [-0.15, -0.1) is 11.3 Å². The monoisotopic (exact) mass is 240 g/mol. The van der Waals surface area contributed by atoms with Gasteiger partial charge in [0.2, 0.25) is 0 Å². The van der Waals surface area contributed by atoms with Crippen LogP contribution in [0.4, 0.5) is 0 Å². The van der Waals surface area contributed by atoms with Crippen LogP contribution in [0.5, 0.6) is 0 Å². The summed E-state index contributed by atoms with van der Waals surface area (Å²) in [7, 11) is 0. The molecular weight excluding hydrogens is 228 g/mol. The fraction of sp³-hybridized carbons (Fsp3) is 0.143. The number of aromatic nitrogens is 2. The van der Waals surface area contributed by atoms with Gasteiger partial charge in [0, 0.05) is 18.0 Å². The molecule has 2 heterocycles. The quantitative estimate of drug-likeness (QED) is 0.678. The Bertz CT molecular complexity index is 625. The summed E-state index contributed by atoms with van der Waals surface area (Å²) in [4.78, 5) is 8.80. The predicted molar refractivity (Wildman–Crippen MR) is 72.2 cm³/mol. The Morgan fingerprint density at radius 1 is 1.18 bits per heavy atom. The third-order valence-electron chi connectivity index (χ3n) is 2.82. The summed E-state index contributed by atoms with van der Waals surface area (Å²) in [5.74, 6) is 0. The molecule has 3 heteroatoms. The van der Waals surface area contributed by atoms with E-state index < -0.39 is 0 Å². The third kappa shape index (κ3) is 1.83. The average molecular weight is 240 g/mol. The third-order valence-corrected chi connectivity index (χ3v) is 3.86. The molecule has 0 aliphatic heterocycles. The Kier molecular flexibility index (Phi) is 2.61. The molecule has 17 heavy (non-hydrogen) atoms. The van der Waals surface area contributed by atoms with Crippen molar-refractivity contribution < 1.29 is 0 Å². The van der Waals surface area contributed by atoms with E-state index in [0.717, 1.165) is 21.6 Å². The molecule has 0 aliphatic rings. The number of nitrogens with zero attached hydrogens (tertiary/aromatic N) is 2. The molecule has 0 N–H and O–H groups in total. The molecule has 0 radical (unpaired) electrons. The van der Waals surface area contributed by atoms with Crippen LogP contribution in [-0.2, 0) is 6.42 Å². The summed E-state index contributed by atoms with van der Waals surface area (Å²) in [5, 5.41) is 1.09. The van der Waals surface area contributed by atoms with Crippen LogP contribution in [0.25, 0.3) is 20.8 Å². The van der Waals surface area contributed by atoms with E-state index in [1.165, 1.54) is 11.1 Å². The van der Waals surface area contributed by atoms with Crippen molar-refractivity contribution in [3.05, 3.63) is 48.3 Å². The van der Waals surface area contributed by atoms with E-state index in [4.69, 9.17) is 0 Å². The Hall–Kier alpha value is -1.74. The van der Waals surface area contributed by atoms with Crippen molar-refractivity contribution in [2.75, 3.05) is 0 Å². The highest BCUT2D eigenvalue weighted by Gasteiger charge is 2.08. The minimum Gasteiger partial charge on any atom is -0.263 e.